The molecule has 0 saturated heterocycles. The second kappa shape index (κ2) is 12.2. The number of benzene rings is 2. The minimum absolute atomic E-state index is 0.0235. The summed E-state index contributed by atoms with van der Waals surface area (Å²) in [4.78, 5) is 28.4. The van der Waals surface area contributed by atoms with E-state index in [0.717, 1.165) is 16.3 Å². The number of carbonyl (C=O) groups excluding carboxylic acids is 2. The van der Waals surface area contributed by atoms with E-state index in [1.54, 1.807) is 29.2 Å². The van der Waals surface area contributed by atoms with E-state index in [9.17, 15) is 14.9 Å². The van der Waals surface area contributed by atoms with Gasteiger partial charge in [-0.25, -0.2) is 0 Å². The molecule has 6 rings (SSSR count). The predicted molar refractivity (Wildman–Crippen MR) is 164 cm³/mol. The fourth-order valence-electron chi connectivity index (χ4n) is 4.95. The number of carbonyl (C=O) groups is 2. The van der Waals surface area contributed by atoms with Gasteiger partial charge >= 0.3 is 0 Å². The van der Waals surface area contributed by atoms with Crippen molar-refractivity contribution in [3.05, 3.63) is 99.7 Å². The highest BCUT2D eigenvalue weighted by Gasteiger charge is 2.41. The van der Waals surface area contributed by atoms with Crippen molar-refractivity contribution in [2.45, 2.75) is 29.5 Å². The predicted octanol–water partition coefficient (Wildman–Crippen LogP) is 6.43. The van der Waals surface area contributed by atoms with Crippen LogP contribution in [-0.2, 0) is 9.59 Å². The molecule has 1 aliphatic heterocycles. The molecule has 0 saturated carbocycles. The number of nitrogens with zero attached hydrogens (tertiary/aromatic N) is 4. The third kappa shape index (κ3) is 5.67. The average Bonchev–Trinajstić information content (AvgIpc) is 3.70. The second-order valence-corrected chi connectivity index (χ2v) is 12.6. The lowest BCUT2D eigenvalue weighted by Gasteiger charge is -2.37. The molecule has 0 radical (unpaired) electrons. The Morgan fingerprint density at radius 3 is 2.62 bits per heavy atom. The zero-order valence-electron chi connectivity index (χ0n) is 22.1. The number of ether oxygens (including phenoxy) is 1. The maximum Gasteiger partial charge on any atom is 0.234 e. The zero-order valence-corrected chi connectivity index (χ0v) is 24.6. The summed E-state index contributed by atoms with van der Waals surface area (Å²) in [6.07, 6.45) is 1.77. The van der Waals surface area contributed by atoms with Crippen molar-refractivity contribution in [2.75, 3.05) is 16.0 Å². The number of aromatic nitrogens is 2. The molecule has 9 nitrogen and oxygen atoms in total. The largest absolute Gasteiger partial charge is 0.457 e. The number of thiophene rings is 1. The van der Waals surface area contributed by atoms with Crippen LogP contribution in [0.5, 0.6) is 11.5 Å². The molecular formula is C30H24N6O3S3. The Morgan fingerprint density at radius 2 is 1.88 bits per heavy atom. The Labute approximate surface area is 254 Å². The van der Waals surface area contributed by atoms with Gasteiger partial charge in [-0.1, -0.05) is 47.4 Å². The summed E-state index contributed by atoms with van der Waals surface area (Å²) in [6.45, 7) is 0. The molecule has 1 aliphatic carbocycles. The number of Topliss-reactive ketones (excluding diaryl/α,β-unsaturated/α-hetero) is 1. The van der Waals surface area contributed by atoms with Crippen LogP contribution in [0.4, 0.5) is 10.8 Å². The van der Waals surface area contributed by atoms with Gasteiger partial charge in [-0.2, -0.15) is 5.26 Å². The molecule has 3 heterocycles. The minimum Gasteiger partial charge on any atom is -0.457 e. The molecule has 3 N–H and O–H groups in total. The molecule has 42 heavy (non-hydrogen) atoms. The van der Waals surface area contributed by atoms with Crippen molar-refractivity contribution >= 4 is 56.9 Å². The fraction of sp³-hybridized carbons (Fsp3) is 0.167. The van der Waals surface area contributed by atoms with Crippen LogP contribution in [0.15, 0.2) is 99.1 Å². The van der Waals surface area contributed by atoms with Crippen molar-refractivity contribution in [1.82, 2.24) is 10.2 Å². The molecule has 12 heteroatoms. The lowest BCUT2D eigenvalue weighted by molar-refractivity contribution is -0.116. The molecule has 4 aromatic rings. The molecule has 2 aromatic carbocycles. The monoisotopic (exact) mass is 612 g/mol. The number of nitrogens with two attached hydrogens (primary N) is 1. The topological polar surface area (TPSA) is 134 Å². The van der Waals surface area contributed by atoms with Gasteiger partial charge in [-0.05, 0) is 60.7 Å². The quantitative estimate of drug-likeness (QED) is 0.216. The van der Waals surface area contributed by atoms with Crippen LogP contribution in [0, 0.1) is 11.3 Å². The van der Waals surface area contributed by atoms with Crippen LogP contribution in [-0.4, -0.2) is 27.6 Å². The molecule has 1 atom stereocenters. The van der Waals surface area contributed by atoms with Gasteiger partial charge in [-0.3, -0.25) is 14.5 Å². The summed E-state index contributed by atoms with van der Waals surface area (Å²) in [6, 6.07) is 22.7. The van der Waals surface area contributed by atoms with Gasteiger partial charge in [-0.15, -0.1) is 21.5 Å². The molecule has 0 spiro atoms. The first-order valence-corrected chi connectivity index (χ1v) is 15.8. The van der Waals surface area contributed by atoms with E-state index < -0.39 is 5.92 Å². The van der Waals surface area contributed by atoms with E-state index in [-0.39, 0.29) is 23.3 Å². The number of para-hydroxylation sites is 1. The highest BCUT2D eigenvalue weighted by atomic mass is 32.2. The number of rotatable bonds is 8. The van der Waals surface area contributed by atoms with Gasteiger partial charge in [0.2, 0.25) is 11.0 Å². The van der Waals surface area contributed by atoms with Gasteiger partial charge in [0.1, 0.15) is 17.3 Å². The standard InChI is InChI=1S/C30H24N6O3S3/c31-16-21-26(24-10-5-15-40-24)27-22(8-4-9-23(27)37)36(28(21)32)29-34-35-30(42-29)41-17-25(38)33-18-11-13-20(14-12-18)39-19-6-2-1-3-7-19/h1-3,5-7,10-15,26H,4,8-9,17,32H2,(H,33,38). The lowest BCUT2D eigenvalue weighted by Crippen LogP contribution is -2.38. The number of thioether (sulfide) groups is 1. The van der Waals surface area contributed by atoms with Gasteiger partial charge in [0.05, 0.1) is 23.3 Å². The summed E-state index contributed by atoms with van der Waals surface area (Å²) in [7, 11) is 0. The number of hydrogen-bond donors (Lipinski definition) is 2. The van der Waals surface area contributed by atoms with E-state index >= 15 is 0 Å². The van der Waals surface area contributed by atoms with Crippen LogP contribution in [0.1, 0.15) is 30.1 Å². The molecule has 1 amide bonds. The first kappa shape index (κ1) is 27.7. The van der Waals surface area contributed by atoms with Crippen LogP contribution >= 0.6 is 34.4 Å². The summed E-state index contributed by atoms with van der Waals surface area (Å²) in [5.74, 6) is 1.14. The lowest BCUT2D eigenvalue weighted by atomic mass is 9.78. The van der Waals surface area contributed by atoms with Gasteiger partial charge in [0.25, 0.3) is 0 Å². The molecule has 210 valence electrons. The van der Waals surface area contributed by atoms with Gasteiger partial charge < -0.3 is 15.8 Å². The third-order valence-electron chi connectivity index (χ3n) is 6.77. The number of amides is 1. The number of hydrogen-bond acceptors (Lipinski definition) is 11. The highest BCUT2D eigenvalue weighted by molar-refractivity contribution is 8.01. The Hall–Kier alpha value is -4.44. The van der Waals surface area contributed by atoms with Crippen molar-refractivity contribution in [1.29, 1.82) is 5.26 Å². The van der Waals surface area contributed by atoms with Crippen LogP contribution in [0.3, 0.4) is 0 Å². The Balaban J connectivity index is 1.14. The third-order valence-corrected chi connectivity index (χ3v) is 9.75. The fourth-order valence-corrected chi connectivity index (χ4v) is 7.48. The van der Waals surface area contributed by atoms with Crippen LogP contribution in [0.25, 0.3) is 0 Å². The van der Waals surface area contributed by atoms with Crippen molar-refractivity contribution in [3.63, 3.8) is 0 Å². The van der Waals surface area contributed by atoms with E-state index in [1.807, 2.05) is 47.8 Å². The average molecular weight is 613 g/mol. The second-order valence-electron chi connectivity index (χ2n) is 9.46. The summed E-state index contributed by atoms with van der Waals surface area (Å²) < 4.78 is 6.37. The SMILES string of the molecule is N#CC1=C(N)N(c2nnc(SCC(=O)Nc3ccc(Oc4ccccc4)cc3)s2)C2=C(C(=O)CCC2)C1c1cccs1. The van der Waals surface area contributed by atoms with Gasteiger partial charge in [0, 0.05) is 28.3 Å². The van der Waals surface area contributed by atoms with Crippen LogP contribution in [0.2, 0.25) is 0 Å². The van der Waals surface area contributed by atoms with Crippen molar-refractivity contribution < 1.29 is 14.3 Å². The van der Waals surface area contributed by atoms with E-state index in [2.05, 4.69) is 21.6 Å². The van der Waals surface area contributed by atoms with E-state index in [0.29, 0.717) is 51.3 Å². The Morgan fingerprint density at radius 1 is 1.10 bits per heavy atom. The normalized spacial score (nSPS) is 16.7. The Bertz CT molecular complexity index is 1720. The maximum absolute atomic E-state index is 13.2. The number of anilines is 2. The maximum atomic E-state index is 13.2. The number of nitriles is 1. The molecule has 0 bridgehead atoms. The molecule has 1 unspecified atom stereocenters. The summed E-state index contributed by atoms with van der Waals surface area (Å²) in [5, 5.41) is 24.0. The zero-order chi connectivity index (χ0) is 29.1. The number of nitrogens with one attached hydrogen (secondary N) is 1. The minimum atomic E-state index is -0.474. The smallest absolute Gasteiger partial charge is 0.234 e. The van der Waals surface area contributed by atoms with E-state index in [1.165, 1.54) is 34.4 Å². The van der Waals surface area contributed by atoms with Crippen LogP contribution < -0.4 is 20.7 Å². The number of allylic oxidation sites excluding steroid dienone is 3. The summed E-state index contributed by atoms with van der Waals surface area (Å²) in [5.41, 5.74) is 8.94. The summed E-state index contributed by atoms with van der Waals surface area (Å²) >= 11 is 4.02. The molecule has 0 fully saturated rings. The van der Waals surface area contributed by atoms with Gasteiger partial charge in [0.15, 0.2) is 10.1 Å². The molecule has 2 aromatic heterocycles. The van der Waals surface area contributed by atoms with Crippen molar-refractivity contribution in [2.24, 2.45) is 5.73 Å². The van der Waals surface area contributed by atoms with E-state index in [4.69, 9.17) is 10.5 Å². The number of ketones is 1. The first-order chi connectivity index (χ1) is 20.5. The first-order valence-electron chi connectivity index (χ1n) is 13.1. The Kier molecular flexibility index (Phi) is 8.05. The molecular weight excluding hydrogens is 589 g/mol. The van der Waals surface area contributed by atoms with Crippen molar-refractivity contribution in [3.8, 4) is 17.6 Å². The highest BCUT2D eigenvalue weighted by Crippen LogP contribution is 2.48. The molecule has 2 aliphatic rings.